The Morgan fingerprint density at radius 3 is 2.21 bits per heavy atom. The van der Waals surface area contributed by atoms with Crippen LogP contribution in [0.5, 0.6) is 0 Å². The Balaban J connectivity index is 1.46. The summed E-state index contributed by atoms with van der Waals surface area (Å²) in [5.74, 6) is -1.11. The molecule has 1 N–H and O–H groups in total. The molecule has 0 radical (unpaired) electrons. The van der Waals surface area contributed by atoms with Gasteiger partial charge in [-0.05, 0) is 60.7 Å². The van der Waals surface area contributed by atoms with Crippen LogP contribution in [0.25, 0.3) is 16.9 Å². The topological polar surface area (TPSA) is 97.4 Å². The van der Waals surface area contributed by atoms with Crippen LogP contribution in [0.3, 0.4) is 0 Å². The lowest BCUT2D eigenvalue weighted by Crippen LogP contribution is -2.37. The largest absolute Gasteiger partial charge is 0.468 e. The van der Waals surface area contributed by atoms with Crippen molar-refractivity contribution in [2.75, 3.05) is 11.9 Å². The minimum atomic E-state index is -4.20. The summed E-state index contributed by atoms with van der Waals surface area (Å²) in [4.78, 5) is 13.1. The number of carbonyl (C=O) groups is 1. The molecule has 3 aromatic carbocycles. The minimum absolute atomic E-state index is 0.175. The number of hydrogen-bond acceptors (Lipinski definition) is 5. The molecule has 8 nitrogen and oxygen atoms in total. The smallest absolute Gasteiger partial charge is 0.243 e. The fourth-order valence-electron chi connectivity index (χ4n) is 3.90. The van der Waals surface area contributed by atoms with Crippen LogP contribution in [-0.4, -0.2) is 35.0 Å². The summed E-state index contributed by atoms with van der Waals surface area (Å²) in [7, 11) is -4.20. The second-order valence-corrected chi connectivity index (χ2v) is 10.5. The number of halogens is 2. The molecule has 0 atom stereocenters. The van der Waals surface area contributed by atoms with E-state index in [-0.39, 0.29) is 17.3 Å². The van der Waals surface area contributed by atoms with Crippen molar-refractivity contribution in [2.45, 2.75) is 11.4 Å². The third-order valence-electron chi connectivity index (χ3n) is 5.80. The Bertz CT molecular complexity index is 1670. The van der Waals surface area contributed by atoms with Gasteiger partial charge in [0.25, 0.3) is 0 Å². The first kappa shape index (κ1) is 26.0. The second-order valence-electron chi connectivity index (χ2n) is 8.52. The summed E-state index contributed by atoms with van der Waals surface area (Å²) in [6.45, 7) is -0.803. The average molecular weight is 549 g/mol. The molecule has 11 heteroatoms. The summed E-state index contributed by atoms with van der Waals surface area (Å²) in [6.07, 6.45) is 1.39. The zero-order chi connectivity index (χ0) is 27.4. The van der Waals surface area contributed by atoms with E-state index in [1.807, 2.05) is 30.3 Å². The number of sulfonamides is 1. The molecular formula is C28H22F2N4O4S. The number of nitrogens with one attached hydrogen (secondary N) is 1. The Labute approximate surface area is 223 Å². The zero-order valence-electron chi connectivity index (χ0n) is 20.4. The lowest BCUT2D eigenvalue weighted by molar-refractivity contribution is -0.116. The number of benzene rings is 3. The first-order valence-corrected chi connectivity index (χ1v) is 13.2. The van der Waals surface area contributed by atoms with E-state index >= 15 is 0 Å². The van der Waals surface area contributed by atoms with Gasteiger partial charge in [0.15, 0.2) is 0 Å². The molecule has 0 saturated carbocycles. The number of aromatic nitrogens is 2. The summed E-state index contributed by atoms with van der Waals surface area (Å²) >= 11 is 0. The van der Waals surface area contributed by atoms with Gasteiger partial charge in [-0.25, -0.2) is 21.9 Å². The van der Waals surface area contributed by atoms with Gasteiger partial charge in [0.2, 0.25) is 15.9 Å². The molecule has 0 aliphatic heterocycles. The predicted molar refractivity (Wildman–Crippen MR) is 140 cm³/mol. The Kier molecular flexibility index (Phi) is 7.35. The van der Waals surface area contributed by atoms with Crippen molar-refractivity contribution in [1.29, 1.82) is 0 Å². The third-order valence-corrected chi connectivity index (χ3v) is 7.61. The fourth-order valence-corrected chi connectivity index (χ4v) is 5.26. The van der Waals surface area contributed by atoms with Crippen LogP contribution >= 0.6 is 0 Å². The molecular weight excluding hydrogens is 526 g/mol. The molecule has 39 heavy (non-hydrogen) atoms. The molecule has 5 aromatic rings. The highest BCUT2D eigenvalue weighted by atomic mass is 32.2. The van der Waals surface area contributed by atoms with Gasteiger partial charge in [0.1, 0.15) is 23.2 Å². The number of nitrogens with zero attached hydrogens (tertiary/aromatic N) is 3. The molecule has 0 unspecified atom stereocenters. The van der Waals surface area contributed by atoms with Gasteiger partial charge in [-0.3, -0.25) is 4.79 Å². The lowest BCUT2D eigenvalue weighted by atomic mass is 10.2. The number of rotatable bonds is 9. The molecule has 0 bridgehead atoms. The molecule has 0 aliphatic rings. The zero-order valence-corrected chi connectivity index (χ0v) is 21.2. The van der Waals surface area contributed by atoms with Crippen molar-refractivity contribution in [3.8, 4) is 16.9 Å². The third kappa shape index (κ3) is 5.95. The highest BCUT2D eigenvalue weighted by Crippen LogP contribution is 2.26. The van der Waals surface area contributed by atoms with Gasteiger partial charge in [-0.2, -0.15) is 9.40 Å². The van der Waals surface area contributed by atoms with E-state index in [4.69, 9.17) is 4.42 Å². The van der Waals surface area contributed by atoms with Crippen LogP contribution in [-0.2, 0) is 21.4 Å². The second kappa shape index (κ2) is 11.0. The van der Waals surface area contributed by atoms with Crippen molar-refractivity contribution in [3.63, 3.8) is 0 Å². The summed E-state index contributed by atoms with van der Waals surface area (Å²) in [5, 5.41) is 7.30. The molecule has 0 aliphatic carbocycles. The van der Waals surface area contributed by atoms with E-state index in [9.17, 15) is 22.0 Å². The van der Waals surface area contributed by atoms with Crippen molar-refractivity contribution < 1.29 is 26.4 Å². The summed E-state index contributed by atoms with van der Waals surface area (Å²) in [6, 6.07) is 24.0. The first-order valence-electron chi connectivity index (χ1n) is 11.8. The van der Waals surface area contributed by atoms with Crippen LogP contribution in [0.1, 0.15) is 5.76 Å². The van der Waals surface area contributed by atoms with E-state index in [2.05, 4.69) is 10.4 Å². The molecule has 0 spiro atoms. The summed E-state index contributed by atoms with van der Waals surface area (Å²) < 4.78 is 61.5. The predicted octanol–water partition coefficient (Wildman–Crippen LogP) is 5.24. The van der Waals surface area contributed by atoms with Crippen molar-refractivity contribution in [2.24, 2.45) is 0 Å². The molecule has 198 valence electrons. The van der Waals surface area contributed by atoms with E-state index < -0.39 is 34.1 Å². The maximum atomic E-state index is 13.6. The molecule has 2 heterocycles. The van der Waals surface area contributed by atoms with Crippen molar-refractivity contribution in [1.82, 2.24) is 14.1 Å². The van der Waals surface area contributed by atoms with Crippen molar-refractivity contribution >= 4 is 21.7 Å². The number of carbonyl (C=O) groups excluding carboxylic acids is 1. The maximum Gasteiger partial charge on any atom is 0.243 e. The highest BCUT2D eigenvalue weighted by molar-refractivity contribution is 7.89. The SMILES string of the molecule is O=C(CN(Cc1ccco1)S(=O)(=O)c1ccc(F)cc1)Nc1cc(-c2ccccc2)nn1-c1ccc(F)cc1. The minimum Gasteiger partial charge on any atom is -0.468 e. The Morgan fingerprint density at radius 2 is 1.56 bits per heavy atom. The monoisotopic (exact) mass is 548 g/mol. The Hall–Kier alpha value is -4.61. The van der Waals surface area contributed by atoms with E-state index in [1.54, 1.807) is 18.2 Å². The standard InChI is InChI=1S/C28H22F2N4O4S/c29-21-8-12-23(13-9-21)34-27(17-26(32-34)20-5-2-1-3-6-20)31-28(35)19-33(18-24-7-4-16-38-24)39(36,37)25-14-10-22(30)11-15-25/h1-17H,18-19H2,(H,31,35). The number of anilines is 1. The van der Waals surface area contributed by atoms with Crippen LogP contribution in [0.4, 0.5) is 14.6 Å². The van der Waals surface area contributed by atoms with Gasteiger partial charge < -0.3 is 9.73 Å². The number of amides is 1. The maximum absolute atomic E-state index is 13.6. The van der Waals surface area contributed by atoms with Crippen LogP contribution < -0.4 is 5.32 Å². The van der Waals surface area contributed by atoms with Gasteiger partial charge in [-0.15, -0.1) is 0 Å². The molecule has 2 aromatic heterocycles. The quantitative estimate of drug-likeness (QED) is 0.272. The molecule has 1 amide bonds. The van der Waals surface area contributed by atoms with E-state index in [0.29, 0.717) is 17.1 Å². The Morgan fingerprint density at radius 1 is 0.897 bits per heavy atom. The van der Waals surface area contributed by atoms with Crippen LogP contribution in [0.15, 0.2) is 113 Å². The first-order chi connectivity index (χ1) is 18.8. The van der Waals surface area contributed by atoms with Gasteiger partial charge in [0, 0.05) is 11.6 Å². The molecule has 0 saturated heterocycles. The molecule has 5 rings (SSSR count). The lowest BCUT2D eigenvalue weighted by Gasteiger charge is -2.21. The normalized spacial score (nSPS) is 11.6. The highest BCUT2D eigenvalue weighted by Gasteiger charge is 2.28. The van der Waals surface area contributed by atoms with Crippen molar-refractivity contribution in [3.05, 3.63) is 121 Å². The number of hydrogen-bond donors (Lipinski definition) is 1. The van der Waals surface area contributed by atoms with Gasteiger partial charge in [0.05, 0.1) is 35.6 Å². The van der Waals surface area contributed by atoms with Gasteiger partial charge >= 0.3 is 0 Å². The van der Waals surface area contributed by atoms with E-state index in [0.717, 1.165) is 34.1 Å². The van der Waals surface area contributed by atoms with Crippen LogP contribution in [0, 0.1) is 11.6 Å². The average Bonchev–Trinajstić information content (AvgIpc) is 3.60. The molecule has 0 fully saturated rings. The van der Waals surface area contributed by atoms with E-state index in [1.165, 1.54) is 35.2 Å². The number of furan rings is 1. The van der Waals surface area contributed by atoms with Crippen LogP contribution in [0.2, 0.25) is 0 Å². The van der Waals surface area contributed by atoms with Gasteiger partial charge in [-0.1, -0.05) is 30.3 Å². The summed E-state index contributed by atoms with van der Waals surface area (Å²) in [5.41, 5.74) is 1.81. The fraction of sp³-hybridized carbons (Fsp3) is 0.0714.